The highest BCUT2D eigenvalue weighted by molar-refractivity contribution is 5.88. The average Bonchev–Trinajstić information content (AvgIpc) is 2.56. The van der Waals surface area contributed by atoms with Crippen molar-refractivity contribution in [2.45, 2.75) is 6.61 Å². The van der Waals surface area contributed by atoms with Gasteiger partial charge >= 0.3 is 5.97 Å². The molecule has 4 nitrogen and oxygen atoms in total. The number of carbonyl (C=O) groups excluding carboxylic acids is 1. The number of hydrogen-bond donors (Lipinski definition) is 0. The molecule has 0 aliphatic heterocycles. The molecule has 2 aromatic carbocycles. The van der Waals surface area contributed by atoms with Crippen LogP contribution in [0.3, 0.4) is 0 Å². The van der Waals surface area contributed by atoms with Gasteiger partial charge in [0.25, 0.3) is 0 Å². The van der Waals surface area contributed by atoms with Crippen LogP contribution in [-0.4, -0.2) is 19.7 Å². The van der Waals surface area contributed by atoms with Gasteiger partial charge in [-0.1, -0.05) is 48.5 Å². The minimum Gasteiger partial charge on any atom is -0.482 e. The summed E-state index contributed by atoms with van der Waals surface area (Å²) >= 11 is 0. The summed E-state index contributed by atoms with van der Waals surface area (Å²) in [6, 6.07) is 18.5. The molecule has 0 atom stereocenters. The zero-order valence-corrected chi connectivity index (χ0v) is 12.4. The van der Waals surface area contributed by atoms with Crippen LogP contribution in [0.15, 0.2) is 72.5 Å². The highest BCUT2D eigenvalue weighted by Crippen LogP contribution is 2.13. The third-order valence-electron chi connectivity index (χ3n) is 2.83. The van der Waals surface area contributed by atoms with Crippen LogP contribution in [-0.2, 0) is 20.9 Å². The zero-order valence-electron chi connectivity index (χ0n) is 12.4. The molecule has 0 heterocycles. The van der Waals surface area contributed by atoms with E-state index in [1.54, 1.807) is 37.5 Å². The van der Waals surface area contributed by atoms with Gasteiger partial charge in [0.05, 0.1) is 6.61 Å². The summed E-state index contributed by atoms with van der Waals surface area (Å²) in [5, 5.41) is 0. The Morgan fingerprint density at radius 2 is 1.64 bits per heavy atom. The topological polar surface area (TPSA) is 44.8 Å². The molecule has 0 fully saturated rings. The van der Waals surface area contributed by atoms with Crippen molar-refractivity contribution in [2.75, 3.05) is 13.7 Å². The molecular weight excluding hydrogens is 280 g/mol. The Morgan fingerprint density at radius 1 is 1.00 bits per heavy atom. The summed E-state index contributed by atoms with van der Waals surface area (Å²) in [4.78, 5) is 12.2. The van der Waals surface area contributed by atoms with Crippen LogP contribution in [0, 0.1) is 0 Å². The molecule has 0 aliphatic rings. The van der Waals surface area contributed by atoms with Crippen LogP contribution >= 0.6 is 0 Å². The molecule has 2 rings (SSSR count). The number of benzene rings is 2. The quantitative estimate of drug-likeness (QED) is 0.340. The highest BCUT2D eigenvalue weighted by Gasteiger charge is 2.14. The molecule has 0 saturated carbocycles. The number of carbonyl (C=O) groups is 1. The average molecular weight is 298 g/mol. The van der Waals surface area contributed by atoms with Gasteiger partial charge in [-0.05, 0) is 23.8 Å². The van der Waals surface area contributed by atoms with E-state index in [-0.39, 0.29) is 12.4 Å². The second-order valence-corrected chi connectivity index (χ2v) is 4.50. The predicted molar refractivity (Wildman–Crippen MR) is 83.3 cm³/mol. The predicted octanol–water partition coefficient (Wildman–Crippen LogP) is 3.34. The molecule has 0 unspecified atom stereocenters. The summed E-state index contributed by atoms with van der Waals surface area (Å²) in [7, 11) is 1.55. The molecule has 0 aliphatic carbocycles. The van der Waals surface area contributed by atoms with Crippen molar-refractivity contribution >= 4 is 5.97 Å². The molecule has 0 amide bonds. The lowest BCUT2D eigenvalue weighted by Gasteiger charge is -2.10. The Labute approximate surface area is 129 Å². The maximum absolute atomic E-state index is 12.2. The smallest absolute Gasteiger partial charge is 0.378 e. The number of rotatable bonds is 7. The molecule has 0 N–H and O–H groups in total. The highest BCUT2D eigenvalue weighted by atomic mass is 16.6. The van der Waals surface area contributed by atoms with Crippen molar-refractivity contribution in [3.05, 3.63) is 78.1 Å². The van der Waals surface area contributed by atoms with Crippen molar-refractivity contribution in [1.82, 2.24) is 0 Å². The van der Waals surface area contributed by atoms with E-state index < -0.39 is 5.97 Å². The molecule has 22 heavy (non-hydrogen) atoms. The second-order valence-electron chi connectivity index (χ2n) is 4.50. The van der Waals surface area contributed by atoms with E-state index in [1.807, 2.05) is 36.4 Å². The van der Waals surface area contributed by atoms with E-state index in [0.717, 1.165) is 5.56 Å². The van der Waals surface area contributed by atoms with Crippen LogP contribution in [0.2, 0.25) is 0 Å². The van der Waals surface area contributed by atoms with E-state index in [9.17, 15) is 4.79 Å². The first kappa shape index (κ1) is 15.8. The van der Waals surface area contributed by atoms with Gasteiger partial charge < -0.3 is 14.2 Å². The third-order valence-corrected chi connectivity index (χ3v) is 2.83. The Bertz CT molecular complexity index is 605. The van der Waals surface area contributed by atoms with Gasteiger partial charge in [-0.3, -0.25) is 0 Å². The molecule has 4 heteroatoms. The number of hydrogen-bond acceptors (Lipinski definition) is 4. The molecular formula is C18H18O4. The fraction of sp³-hybridized carbons (Fsp3) is 0.167. The maximum atomic E-state index is 12.2. The lowest BCUT2D eigenvalue weighted by molar-refractivity contribution is -0.134. The lowest BCUT2D eigenvalue weighted by Crippen LogP contribution is -2.14. The Morgan fingerprint density at radius 3 is 2.27 bits per heavy atom. The van der Waals surface area contributed by atoms with Crippen LogP contribution < -0.4 is 4.74 Å². The van der Waals surface area contributed by atoms with E-state index in [2.05, 4.69) is 0 Å². The van der Waals surface area contributed by atoms with Crippen LogP contribution in [0.5, 0.6) is 5.75 Å². The first-order valence-electron chi connectivity index (χ1n) is 6.92. The van der Waals surface area contributed by atoms with Crippen molar-refractivity contribution in [3.63, 3.8) is 0 Å². The van der Waals surface area contributed by atoms with E-state index >= 15 is 0 Å². The first-order valence-corrected chi connectivity index (χ1v) is 6.92. The lowest BCUT2D eigenvalue weighted by atomic mass is 10.2. The fourth-order valence-corrected chi connectivity index (χ4v) is 1.74. The van der Waals surface area contributed by atoms with E-state index in [4.69, 9.17) is 14.2 Å². The largest absolute Gasteiger partial charge is 0.482 e. The molecule has 0 radical (unpaired) electrons. The van der Waals surface area contributed by atoms with Gasteiger partial charge in [0, 0.05) is 7.11 Å². The van der Waals surface area contributed by atoms with Crippen LogP contribution in [0.25, 0.3) is 0 Å². The van der Waals surface area contributed by atoms with Crippen LogP contribution in [0.1, 0.15) is 5.56 Å². The number of para-hydroxylation sites is 1. The first-order chi connectivity index (χ1) is 10.8. The van der Waals surface area contributed by atoms with Gasteiger partial charge in [-0.2, -0.15) is 0 Å². The van der Waals surface area contributed by atoms with Gasteiger partial charge in [0.1, 0.15) is 12.4 Å². The SMILES string of the molecule is COC/C=C(/OCc1ccccc1)C(=O)Oc1ccccc1. The van der Waals surface area contributed by atoms with E-state index in [0.29, 0.717) is 12.4 Å². The Hall–Kier alpha value is -2.59. The Kier molecular flexibility index (Phi) is 6.20. The Balaban J connectivity index is 2.00. The van der Waals surface area contributed by atoms with Crippen LogP contribution in [0.4, 0.5) is 0 Å². The number of methoxy groups -OCH3 is 1. The summed E-state index contributed by atoms with van der Waals surface area (Å²) in [5.74, 6) is 0.0628. The number of esters is 1. The van der Waals surface area contributed by atoms with Crippen molar-refractivity contribution in [1.29, 1.82) is 0 Å². The molecule has 114 valence electrons. The molecule has 0 spiro atoms. The van der Waals surface area contributed by atoms with Crippen molar-refractivity contribution < 1.29 is 19.0 Å². The third kappa shape index (κ3) is 5.07. The summed E-state index contributed by atoms with van der Waals surface area (Å²) in [6.07, 6.45) is 1.56. The summed E-state index contributed by atoms with van der Waals surface area (Å²) in [5.41, 5.74) is 0.971. The van der Waals surface area contributed by atoms with Gasteiger partial charge in [-0.25, -0.2) is 4.79 Å². The minimum absolute atomic E-state index is 0.134. The van der Waals surface area contributed by atoms with Gasteiger partial charge in [0.15, 0.2) is 0 Å². The molecule has 0 bridgehead atoms. The van der Waals surface area contributed by atoms with Crippen molar-refractivity contribution in [2.24, 2.45) is 0 Å². The van der Waals surface area contributed by atoms with Gasteiger partial charge in [-0.15, -0.1) is 0 Å². The molecule has 2 aromatic rings. The van der Waals surface area contributed by atoms with Crippen molar-refractivity contribution in [3.8, 4) is 5.75 Å². The fourth-order valence-electron chi connectivity index (χ4n) is 1.74. The summed E-state index contributed by atoms with van der Waals surface area (Å²) in [6.45, 7) is 0.564. The minimum atomic E-state index is -0.542. The zero-order chi connectivity index (χ0) is 15.6. The number of ether oxygens (including phenoxy) is 3. The normalized spacial score (nSPS) is 11.0. The maximum Gasteiger partial charge on any atom is 0.378 e. The van der Waals surface area contributed by atoms with Gasteiger partial charge in [0.2, 0.25) is 5.76 Å². The monoisotopic (exact) mass is 298 g/mol. The molecule has 0 aromatic heterocycles. The molecule has 0 saturated heterocycles. The standard InChI is InChI=1S/C18H18O4/c1-20-13-12-17(21-14-15-8-4-2-5-9-15)18(19)22-16-10-6-3-7-11-16/h2-12H,13-14H2,1H3/b17-12+. The summed E-state index contributed by atoms with van der Waals surface area (Å²) < 4.78 is 15.8. The second kappa shape index (κ2) is 8.64. The van der Waals surface area contributed by atoms with E-state index in [1.165, 1.54) is 0 Å².